The number of ether oxygens (including phenoxy) is 2. The van der Waals surface area contributed by atoms with Gasteiger partial charge in [-0.1, -0.05) is 6.92 Å². The van der Waals surface area contributed by atoms with Gasteiger partial charge in [-0.3, -0.25) is 4.79 Å². The Balaban J connectivity index is 0.00000288. The molecule has 1 amide bonds. The van der Waals surface area contributed by atoms with Gasteiger partial charge >= 0.3 is 0 Å². The van der Waals surface area contributed by atoms with Gasteiger partial charge in [-0.25, -0.2) is 0 Å². The van der Waals surface area contributed by atoms with Gasteiger partial charge in [0, 0.05) is 12.1 Å². The van der Waals surface area contributed by atoms with Crippen LogP contribution in [0, 0.1) is 5.92 Å². The number of amides is 1. The van der Waals surface area contributed by atoms with Crippen molar-refractivity contribution < 1.29 is 14.3 Å². The first-order valence-corrected chi connectivity index (χ1v) is 8.77. The maximum absolute atomic E-state index is 12.6. The van der Waals surface area contributed by atoms with Gasteiger partial charge < -0.3 is 20.5 Å². The summed E-state index contributed by atoms with van der Waals surface area (Å²) in [7, 11) is 1.57. The van der Waals surface area contributed by atoms with Gasteiger partial charge in [-0.05, 0) is 60.2 Å². The average Bonchev–Trinajstić information content (AvgIpc) is 3.38. The second-order valence-corrected chi connectivity index (χ2v) is 7.04. The number of hydrogen-bond donors (Lipinski definition) is 2. The van der Waals surface area contributed by atoms with Gasteiger partial charge in [-0.15, -0.1) is 12.4 Å². The van der Waals surface area contributed by atoms with Gasteiger partial charge in [-0.2, -0.15) is 0 Å². The Labute approximate surface area is 158 Å². The van der Waals surface area contributed by atoms with E-state index in [2.05, 4.69) is 21.2 Å². The lowest BCUT2D eigenvalue weighted by atomic mass is 9.95. The molecule has 1 saturated carbocycles. The van der Waals surface area contributed by atoms with E-state index in [-0.39, 0.29) is 23.9 Å². The van der Waals surface area contributed by atoms with Crippen molar-refractivity contribution in [2.45, 2.75) is 38.6 Å². The standard InChI is InChI=1S/C17H25BrN2O3.ClH/c1-4-7-23-15-13(18)8-11(9-14(15)22-3)16(21)20-17(2,10-19)12-5-6-12;/h8-9,12H,4-7,10,19H2,1-3H3,(H,20,21);1H. The van der Waals surface area contributed by atoms with Crippen LogP contribution in [-0.4, -0.2) is 31.7 Å². The molecule has 7 heteroatoms. The molecular formula is C17H26BrClN2O3. The predicted molar refractivity (Wildman–Crippen MR) is 101 cm³/mol. The molecule has 24 heavy (non-hydrogen) atoms. The summed E-state index contributed by atoms with van der Waals surface area (Å²) in [5, 5.41) is 3.08. The first-order chi connectivity index (χ1) is 10.9. The van der Waals surface area contributed by atoms with Crippen LogP contribution >= 0.6 is 28.3 Å². The largest absolute Gasteiger partial charge is 0.493 e. The molecule has 0 bridgehead atoms. The van der Waals surface area contributed by atoms with Crippen LogP contribution in [0.15, 0.2) is 16.6 Å². The Morgan fingerprint density at radius 1 is 1.46 bits per heavy atom. The second-order valence-electron chi connectivity index (χ2n) is 6.19. The highest BCUT2D eigenvalue weighted by atomic mass is 79.9. The number of hydrogen-bond acceptors (Lipinski definition) is 4. The van der Waals surface area contributed by atoms with E-state index in [0.29, 0.717) is 40.6 Å². The summed E-state index contributed by atoms with van der Waals surface area (Å²) in [5.41, 5.74) is 6.04. The number of nitrogens with one attached hydrogen (secondary N) is 1. The minimum atomic E-state index is -0.353. The van der Waals surface area contributed by atoms with E-state index in [1.807, 2.05) is 13.8 Å². The van der Waals surface area contributed by atoms with Crippen molar-refractivity contribution in [2.24, 2.45) is 11.7 Å². The molecule has 0 aliphatic heterocycles. The van der Waals surface area contributed by atoms with Crippen LogP contribution in [0.2, 0.25) is 0 Å². The molecule has 5 nitrogen and oxygen atoms in total. The van der Waals surface area contributed by atoms with Crippen molar-refractivity contribution in [2.75, 3.05) is 20.3 Å². The molecule has 1 aliphatic carbocycles. The SMILES string of the molecule is CCCOc1c(Br)cc(C(=O)NC(C)(CN)C2CC2)cc1OC.Cl. The van der Waals surface area contributed by atoms with E-state index < -0.39 is 0 Å². The Morgan fingerprint density at radius 2 is 2.12 bits per heavy atom. The Hall–Kier alpha value is -0.980. The fraction of sp³-hybridized carbons (Fsp3) is 0.588. The van der Waals surface area contributed by atoms with Gasteiger partial charge in [0.05, 0.1) is 23.7 Å². The normalized spacial score (nSPS) is 15.9. The quantitative estimate of drug-likeness (QED) is 0.673. The summed E-state index contributed by atoms with van der Waals surface area (Å²) in [6, 6.07) is 3.46. The monoisotopic (exact) mass is 420 g/mol. The zero-order valence-corrected chi connectivity index (χ0v) is 16.8. The highest BCUT2D eigenvalue weighted by molar-refractivity contribution is 9.10. The van der Waals surface area contributed by atoms with Crippen LogP contribution in [0.25, 0.3) is 0 Å². The number of carbonyl (C=O) groups excluding carboxylic acids is 1. The van der Waals surface area contributed by atoms with E-state index in [4.69, 9.17) is 15.2 Å². The molecule has 1 fully saturated rings. The lowest BCUT2D eigenvalue weighted by molar-refractivity contribution is 0.0897. The minimum Gasteiger partial charge on any atom is -0.493 e. The zero-order valence-electron chi connectivity index (χ0n) is 14.4. The lowest BCUT2D eigenvalue weighted by Gasteiger charge is -2.29. The summed E-state index contributed by atoms with van der Waals surface area (Å²) in [4.78, 5) is 12.6. The Bertz CT molecular complexity index is 581. The van der Waals surface area contributed by atoms with E-state index in [1.165, 1.54) is 0 Å². The summed E-state index contributed by atoms with van der Waals surface area (Å²) in [5.74, 6) is 1.48. The third kappa shape index (κ3) is 4.77. The summed E-state index contributed by atoms with van der Waals surface area (Å²) >= 11 is 3.47. The molecule has 1 atom stereocenters. The highest BCUT2D eigenvalue weighted by Gasteiger charge is 2.41. The molecule has 0 heterocycles. The number of rotatable bonds is 8. The molecule has 2 rings (SSSR count). The third-order valence-corrected chi connectivity index (χ3v) is 4.83. The summed E-state index contributed by atoms with van der Waals surface area (Å²) in [6.07, 6.45) is 3.13. The summed E-state index contributed by atoms with van der Waals surface area (Å²) < 4.78 is 11.8. The van der Waals surface area contributed by atoms with Gasteiger partial charge in [0.1, 0.15) is 0 Å². The van der Waals surface area contributed by atoms with Crippen molar-refractivity contribution in [3.8, 4) is 11.5 Å². The third-order valence-electron chi connectivity index (χ3n) is 4.24. The van der Waals surface area contributed by atoms with Crippen LogP contribution in [0.4, 0.5) is 0 Å². The molecule has 1 aromatic carbocycles. The Morgan fingerprint density at radius 3 is 2.62 bits per heavy atom. The maximum Gasteiger partial charge on any atom is 0.251 e. The van der Waals surface area contributed by atoms with Gasteiger partial charge in [0.25, 0.3) is 5.91 Å². The van der Waals surface area contributed by atoms with E-state index >= 15 is 0 Å². The van der Waals surface area contributed by atoms with Crippen LogP contribution in [0.3, 0.4) is 0 Å². The van der Waals surface area contributed by atoms with Crippen molar-refractivity contribution in [3.05, 3.63) is 22.2 Å². The first kappa shape index (κ1) is 21.1. The maximum atomic E-state index is 12.6. The molecule has 1 unspecified atom stereocenters. The number of benzene rings is 1. The van der Waals surface area contributed by atoms with Crippen molar-refractivity contribution in [3.63, 3.8) is 0 Å². The van der Waals surface area contributed by atoms with Crippen molar-refractivity contribution in [1.29, 1.82) is 0 Å². The minimum absolute atomic E-state index is 0. The number of nitrogens with two attached hydrogens (primary N) is 1. The van der Waals surface area contributed by atoms with E-state index in [1.54, 1.807) is 19.2 Å². The van der Waals surface area contributed by atoms with E-state index in [9.17, 15) is 4.79 Å². The number of carbonyl (C=O) groups is 1. The van der Waals surface area contributed by atoms with Crippen LogP contribution in [0.1, 0.15) is 43.5 Å². The topological polar surface area (TPSA) is 73.6 Å². The lowest BCUT2D eigenvalue weighted by Crippen LogP contribution is -2.53. The van der Waals surface area contributed by atoms with Gasteiger partial charge in [0.2, 0.25) is 0 Å². The smallest absolute Gasteiger partial charge is 0.251 e. The molecular weight excluding hydrogens is 396 g/mol. The number of methoxy groups -OCH3 is 1. The molecule has 1 aliphatic rings. The number of halogens is 2. The molecule has 1 aromatic rings. The van der Waals surface area contributed by atoms with Crippen LogP contribution in [0.5, 0.6) is 11.5 Å². The predicted octanol–water partition coefficient (Wildman–Crippen LogP) is 3.53. The average molecular weight is 422 g/mol. The first-order valence-electron chi connectivity index (χ1n) is 7.98. The van der Waals surface area contributed by atoms with E-state index in [0.717, 1.165) is 19.3 Å². The van der Waals surface area contributed by atoms with Crippen molar-refractivity contribution >= 4 is 34.2 Å². The van der Waals surface area contributed by atoms with Crippen LogP contribution < -0.4 is 20.5 Å². The molecule has 3 N–H and O–H groups in total. The fourth-order valence-corrected chi connectivity index (χ4v) is 3.12. The molecule has 136 valence electrons. The second kappa shape index (κ2) is 8.92. The van der Waals surface area contributed by atoms with Crippen molar-refractivity contribution in [1.82, 2.24) is 5.32 Å². The van der Waals surface area contributed by atoms with Crippen LogP contribution in [-0.2, 0) is 0 Å². The van der Waals surface area contributed by atoms with Gasteiger partial charge in [0.15, 0.2) is 11.5 Å². The molecule has 0 radical (unpaired) electrons. The Kier molecular flexibility index (Phi) is 7.83. The highest BCUT2D eigenvalue weighted by Crippen LogP contribution is 2.40. The zero-order chi connectivity index (χ0) is 17.0. The molecule has 0 aromatic heterocycles. The fourth-order valence-electron chi connectivity index (χ4n) is 2.57. The molecule has 0 spiro atoms. The molecule has 0 saturated heterocycles. The summed E-state index contributed by atoms with van der Waals surface area (Å²) in [6.45, 7) is 5.06.